The number of carbonyl (C=O) groups is 3. The van der Waals surface area contributed by atoms with Gasteiger partial charge in [-0.3, -0.25) is 19.8 Å². The molecule has 2 rings (SSSR count). The molecule has 1 heterocycles. The van der Waals surface area contributed by atoms with Gasteiger partial charge in [0.15, 0.2) is 0 Å². The van der Waals surface area contributed by atoms with Gasteiger partial charge in [-0.2, -0.15) is 0 Å². The van der Waals surface area contributed by atoms with E-state index in [0.29, 0.717) is 5.56 Å². The number of carbonyl (C=O) groups excluding carboxylic acids is 3. The van der Waals surface area contributed by atoms with Crippen molar-refractivity contribution < 1.29 is 14.4 Å². The van der Waals surface area contributed by atoms with E-state index in [0.717, 1.165) is 10.5 Å². The molecule has 0 bridgehead atoms. The van der Waals surface area contributed by atoms with Crippen LogP contribution in [0.2, 0.25) is 0 Å². The van der Waals surface area contributed by atoms with Gasteiger partial charge in [0.25, 0.3) is 0 Å². The molecule has 0 saturated carbocycles. The average Bonchev–Trinajstić information content (AvgIpc) is 2.38. The van der Waals surface area contributed by atoms with Crippen LogP contribution < -0.4 is 5.32 Å². The smallest absolute Gasteiger partial charge is 0.277 e. The van der Waals surface area contributed by atoms with Crippen molar-refractivity contribution in [1.29, 1.82) is 0 Å². The number of barbiturate groups is 1. The van der Waals surface area contributed by atoms with E-state index in [4.69, 9.17) is 6.42 Å². The highest BCUT2D eigenvalue weighted by Crippen LogP contribution is 2.25. The lowest BCUT2D eigenvalue weighted by Crippen LogP contribution is -2.59. The highest BCUT2D eigenvalue weighted by atomic mass is 16.2. The molecule has 1 N–H and O–H groups in total. The number of terminal acetylenes is 1. The Balaban J connectivity index is 2.38. The predicted octanol–water partition coefficient (Wildman–Crippen LogP) is 1.57. The molecule has 0 aliphatic carbocycles. The molecular formula is C16H16N2O3. The van der Waals surface area contributed by atoms with E-state index in [1.54, 1.807) is 25.1 Å². The van der Waals surface area contributed by atoms with Gasteiger partial charge in [0, 0.05) is 12.5 Å². The molecular weight excluding hydrogens is 268 g/mol. The summed E-state index contributed by atoms with van der Waals surface area (Å²) in [7, 11) is 0. The van der Waals surface area contributed by atoms with Crippen LogP contribution in [0.4, 0.5) is 4.79 Å². The number of benzene rings is 1. The van der Waals surface area contributed by atoms with Crippen molar-refractivity contribution in [3.63, 3.8) is 0 Å². The molecule has 5 heteroatoms. The first kappa shape index (κ1) is 14.8. The molecule has 2 atom stereocenters. The monoisotopic (exact) mass is 284 g/mol. The van der Waals surface area contributed by atoms with Crippen LogP contribution in [0, 0.1) is 19.3 Å². The molecule has 1 aromatic carbocycles. The number of nitrogens with zero attached hydrogens (tertiary/aromatic N) is 1. The second kappa shape index (κ2) is 5.80. The van der Waals surface area contributed by atoms with Crippen LogP contribution >= 0.6 is 0 Å². The standard InChI is InChI=1S/C16H16N2O3/c1-4-6-11(3)18-15(20)13(14(19)17-16(18)21)12-8-5-7-10(2)9-12/h1,5,7-9,11,13H,6H2,2-3H3,(H,17,19,21). The van der Waals surface area contributed by atoms with Crippen LogP contribution in [0.1, 0.15) is 30.4 Å². The first-order valence-electron chi connectivity index (χ1n) is 6.63. The van der Waals surface area contributed by atoms with Crippen LogP contribution in [-0.4, -0.2) is 28.8 Å². The Kier molecular flexibility index (Phi) is 4.08. The number of hydrogen-bond acceptors (Lipinski definition) is 3. The van der Waals surface area contributed by atoms with Gasteiger partial charge in [-0.05, 0) is 19.4 Å². The van der Waals surface area contributed by atoms with Gasteiger partial charge in [0.1, 0.15) is 5.92 Å². The molecule has 108 valence electrons. The molecule has 1 aromatic rings. The lowest BCUT2D eigenvalue weighted by molar-refractivity contribution is -0.139. The summed E-state index contributed by atoms with van der Waals surface area (Å²) in [6, 6.07) is 5.95. The number of imide groups is 2. The zero-order valence-corrected chi connectivity index (χ0v) is 11.9. The minimum absolute atomic E-state index is 0.244. The summed E-state index contributed by atoms with van der Waals surface area (Å²) < 4.78 is 0. The second-order valence-corrected chi connectivity index (χ2v) is 5.11. The summed E-state index contributed by atoms with van der Waals surface area (Å²) in [5.74, 6) is 0.283. The molecule has 4 amide bonds. The first-order chi connectivity index (χ1) is 9.95. The topological polar surface area (TPSA) is 66.5 Å². The normalized spacial score (nSPS) is 20.0. The van der Waals surface area contributed by atoms with Crippen molar-refractivity contribution in [3.8, 4) is 12.3 Å². The Morgan fingerprint density at radius 1 is 1.38 bits per heavy atom. The van der Waals surface area contributed by atoms with Gasteiger partial charge in [-0.1, -0.05) is 29.8 Å². The zero-order chi connectivity index (χ0) is 15.6. The third-order valence-electron chi connectivity index (χ3n) is 3.43. The van der Waals surface area contributed by atoms with E-state index < -0.39 is 29.8 Å². The summed E-state index contributed by atoms with van der Waals surface area (Å²) in [5, 5.41) is 2.23. The molecule has 0 radical (unpaired) electrons. The molecule has 5 nitrogen and oxygen atoms in total. The summed E-state index contributed by atoms with van der Waals surface area (Å²) in [6.07, 6.45) is 5.48. The van der Waals surface area contributed by atoms with Gasteiger partial charge in [0.2, 0.25) is 11.8 Å². The van der Waals surface area contributed by atoms with Crippen molar-refractivity contribution in [2.45, 2.75) is 32.2 Å². The fraction of sp³-hybridized carbons (Fsp3) is 0.312. The van der Waals surface area contributed by atoms with Crippen molar-refractivity contribution >= 4 is 17.8 Å². The second-order valence-electron chi connectivity index (χ2n) is 5.11. The Morgan fingerprint density at radius 3 is 2.71 bits per heavy atom. The number of urea groups is 1. The van der Waals surface area contributed by atoms with Gasteiger partial charge >= 0.3 is 6.03 Å². The molecule has 1 aliphatic heterocycles. The number of hydrogen-bond donors (Lipinski definition) is 1. The van der Waals surface area contributed by atoms with Crippen LogP contribution in [0.3, 0.4) is 0 Å². The van der Waals surface area contributed by atoms with E-state index >= 15 is 0 Å². The quantitative estimate of drug-likeness (QED) is 0.676. The number of amides is 4. The number of aryl methyl sites for hydroxylation is 1. The molecule has 1 aliphatic rings. The minimum Gasteiger partial charge on any atom is -0.277 e. The Labute approximate surface area is 123 Å². The molecule has 2 unspecified atom stereocenters. The molecule has 0 spiro atoms. The lowest BCUT2D eigenvalue weighted by Gasteiger charge is -2.33. The molecule has 0 aromatic heterocycles. The molecule has 1 saturated heterocycles. The lowest BCUT2D eigenvalue weighted by atomic mass is 9.93. The van der Waals surface area contributed by atoms with Gasteiger partial charge < -0.3 is 0 Å². The average molecular weight is 284 g/mol. The Bertz CT molecular complexity index is 645. The van der Waals surface area contributed by atoms with Crippen molar-refractivity contribution in [1.82, 2.24) is 10.2 Å². The maximum Gasteiger partial charge on any atom is 0.331 e. The summed E-state index contributed by atoms with van der Waals surface area (Å²) in [6.45, 7) is 3.55. The molecule has 1 fully saturated rings. The van der Waals surface area contributed by atoms with Crippen LogP contribution in [-0.2, 0) is 9.59 Å². The van der Waals surface area contributed by atoms with E-state index in [1.807, 2.05) is 13.0 Å². The van der Waals surface area contributed by atoms with Gasteiger partial charge in [-0.15, -0.1) is 12.3 Å². The maximum atomic E-state index is 12.6. The van der Waals surface area contributed by atoms with E-state index in [1.165, 1.54) is 0 Å². The third kappa shape index (κ3) is 2.79. The maximum absolute atomic E-state index is 12.6. The number of rotatable bonds is 3. The van der Waals surface area contributed by atoms with E-state index in [2.05, 4.69) is 11.2 Å². The largest absolute Gasteiger partial charge is 0.331 e. The first-order valence-corrected chi connectivity index (χ1v) is 6.63. The van der Waals surface area contributed by atoms with Crippen LogP contribution in [0.15, 0.2) is 24.3 Å². The summed E-state index contributed by atoms with van der Waals surface area (Å²) in [4.78, 5) is 37.5. The Morgan fingerprint density at radius 2 is 2.10 bits per heavy atom. The highest BCUT2D eigenvalue weighted by Gasteiger charge is 2.43. The fourth-order valence-corrected chi connectivity index (χ4v) is 2.41. The van der Waals surface area contributed by atoms with Gasteiger partial charge in [-0.25, -0.2) is 4.79 Å². The van der Waals surface area contributed by atoms with E-state index in [9.17, 15) is 14.4 Å². The zero-order valence-electron chi connectivity index (χ0n) is 11.9. The van der Waals surface area contributed by atoms with Crippen molar-refractivity contribution in [2.24, 2.45) is 0 Å². The summed E-state index contributed by atoms with van der Waals surface area (Å²) in [5.41, 5.74) is 1.51. The predicted molar refractivity (Wildman–Crippen MR) is 77.2 cm³/mol. The van der Waals surface area contributed by atoms with Crippen LogP contribution in [0.5, 0.6) is 0 Å². The summed E-state index contributed by atoms with van der Waals surface area (Å²) >= 11 is 0. The van der Waals surface area contributed by atoms with Gasteiger partial charge in [0.05, 0.1) is 0 Å². The van der Waals surface area contributed by atoms with Crippen LogP contribution in [0.25, 0.3) is 0 Å². The van der Waals surface area contributed by atoms with E-state index in [-0.39, 0.29) is 6.42 Å². The number of nitrogens with one attached hydrogen (secondary N) is 1. The fourth-order valence-electron chi connectivity index (χ4n) is 2.41. The minimum atomic E-state index is -1.01. The Hall–Kier alpha value is -2.61. The van der Waals surface area contributed by atoms with Crippen molar-refractivity contribution in [3.05, 3.63) is 35.4 Å². The SMILES string of the molecule is C#CCC(C)N1C(=O)NC(=O)C(c2cccc(C)c2)C1=O. The van der Waals surface area contributed by atoms with Crippen molar-refractivity contribution in [2.75, 3.05) is 0 Å². The molecule has 21 heavy (non-hydrogen) atoms. The highest BCUT2D eigenvalue weighted by molar-refractivity contribution is 6.19. The third-order valence-corrected chi connectivity index (χ3v) is 3.43.